The van der Waals surface area contributed by atoms with Gasteiger partial charge in [-0.2, -0.15) is 0 Å². The summed E-state index contributed by atoms with van der Waals surface area (Å²) < 4.78 is 0. The first-order valence-electron chi connectivity index (χ1n) is 6.01. The monoisotopic (exact) mass is 254 g/mol. The second kappa shape index (κ2) is 17.7. The zero-order valence-electron chi connectivity index (χ0n) is 12.0. The largest absolute Gasteiger partial charge is 0.481 e. The highest BCUT2D eigenvalue weighted by Gasteiger charge is 2.10. The van der Waals surface area contributed by atoms with Gasteiger partial charge in [0.1, 0.15) is 6.29 Å². The first-order valence-corrected chi connectivity index (χ1v) is 6.01. The smallest absolute Gasteiger partial charge is 0.306 e. The lowest BCUT2D eigenvalue weighted by Crippen LogP contribution is -2.09. The summed E-state index contributed by atoms with van der Waals surface area (Å²) in [6.45, 7) is 14.5. The Labute approximate surface area is 111 Å². The van der Waals surface area contributed by atoms with E-state index in [0.717, 1.165) is 11.9 Å². The third kappa shape index (κ3) is 19.9. The number of aliphatic carboxylic acids is 1. The summed E-state index contributed by atoms with van der Waals surface area (Å²) in [5.41, 5.74) is 0.903. The fourth-order valence-electron chi connectivity index (χ4n) is 0.812. The van der Waals surface area contributed by atoms with Gasteiger partial charge in [0.2, 0.25) is 0 Å². The number of carboxylic acids is 1. The maximum Gasteiger partial charge on any atom is 0.306 e. The highest BCUT2D eigenvalue weighted by atomic mass is 16.4. The van der Waals surface area contributed by atoms with Gasteiger partial charge in [-0.25, -0.2) is 0 Å². The molecule has 0 aromatic carbocycles. The minimum Gasteiger partial charge on any atom is -0.481 e. The van der Waals surface area contributed by atoms with Gasteiger partial charge >= 0.3 is 5.97 Å². The Morgan fingerprint density at radius 3 is 1.94 bits per heavy atom. The third-order valence-corrected chi connectivity index (χ3v) is 1.56. The second-order valence-corrected chi connectivity index (χ2v) is 3.57. The van der Waals surface area contributed by atoms with E-state index in [2.05, 4.69) is 27.0 Å². The van der Waals surface area contributed by atoms with Crippen molar-refractivity contribution in [2.45, 2.75) is 40.5 Å². The lowest BCUT2D eigenvalue weighted by Gasteiger charge is -2.05. The summed E-state index contributed by atoms with van der Waals surface area (Å²) in [7, 11) is 0. The molecule has 0 spiro atoms. The maximum atomic E-state index is 10.5. The topological polar surface area (TPSA) is 54.4 Å². The van der Waals surface area contributed by atoms with Gasteiger partial charge in [0.15, 0.2) is 0 Å². The molecule has 104 valence electrons. The Bertz CT molecular complexity index is 265. The van der Waals surface area contributed by atoms with Gasteiger partial charge in [-0.3, -0.25) is 4.79 Å². The minimum absolute atomic E-state index is 0.366. The van der Waals surface area contributed by atoms with Crippen molar-refractivity contribution in [3.63, 3.8) is 0 Å². The average Bonchev–Trinajstić information content (AvgIpc) is 2.30. The number of allylic oxidation sites excluding steroid dienone is 4. The summed E-state index contributed by atoms with van der Waals surface area (Å²) in [5.74, 6) is -1.15. The van der Waals surface area contributed by atoms with Crippen LogP contribution in [0.15, 0.2) is 37.0 Å². The quantitative estimate of drug-likeness (QED) is 0.595. The van der Waals surface area contributed by atoms with E-state index in [0.29, 0.717) is 6.42 Å². The van der Waals surface area contributed by atoms with Crippen molar-refractivity contribution >= 4 is 12.3 Å². The molecule has 3 nitrogen and oxygen atoms in total. The second-order valence-electron chi connectivity index (χ2n) is 3.57. The molecule has 0 amide bonds. The minimum atomic E-state index is -0.785. The molecule has 0 aromatic rings. The number of carbonyl (C=O) groups is 2. The number of carboxylic acid groups (broad SMARTS) is 1. The van der Waals surface area contributed by atoms with Crippen LogP contribution in [0, 0.1) is 5.92 Å². The molecular formula is C15H26O3. The SMILES string of the molecule is C=C/C=C(\C=C)C[C@H](C)C(=O)O.CC=O.CCC. The van der Waals surface area contributed by atoms with E-state index in [-0.39, 0.29) is 5.92 Å². The highest BCUT2D eigenvalue weighted by Crippen LogP contribution is 2.12. The molecule has 0 aliphatic carbocycles. The van der Waals surface area contributed by atoms with Gasteiger partial charge in [0.25, 0.3) is 0 Å². The molecule has 0 unspecified atom stereocenters. The molecule has 0 heterocycles. The zero-order chi connectivity index (χ0) is 15.0. The van der Waals surface area contributed by atoms with Crippen molar-refractivity contribution in [2.75, 3.05) is 0 Å². The van der Waals surface area contributed by atoms with E-state index >= 15 is 0 Å². The van der Waals surface area contributed by atoms with Crippen LogP contribution in [-0.4, -0.2) is 17.4 Å². The van der Waals surface area contributed by atoms with Gasteiger partial charge < -0.3 is 9.90 Å². The normalized spacial score (nSPS) is 10.8. The van der Waals surface area contributed by atoms with Crippen LogP contribution in [0.25, 0.3) is 0 Å². The molecule has 0 fully saturated rings. The predicted octanol–water partition coefficient (Wildman–Crippen LogP) is 4.02. The van der Waals surface area contributed by atoms with Crippen molar-refractivity contribution < 1.29 is 14.7 Å². The van der Waals surface area contributed by atoms with Crippen LogP contribution in [-0.2, 0) is 9.59 Å². The molecule has 0 saturated heterocycles. The van der Waals surface area contributed by atoms with E-state index < -0.39 is 5.97 Å². The summed E-state index contributed by atoms with van der Waals surface area (Å²) in [4.78, 5) is 19.3. The van der Waals surface area contributed by atoms with Crippen LogP contribution in [0.2, 0.25) is 0 Å². The zero-order valence-corrected chi connectivity index (χ0v) is 12.0. The van der Waals surface area contributed by atoms with E-state index in [1.807, 2.05) is 0 Å². The average molecular weight is 254 g/mol. The summed E-state index contributed by atoms with van der Waals surface area (Å²) in [6, 6.07) is 0. The van der Waals surface area contributed by atoms with Crippen molar-refractivity contribution in [3.05, 3.63) is 37.0 Å². The molecule has 3 heteroatoms. The van der Waals surface area contributed by atoms with Crippen LogP contribution >= 0.6 is 0 Å². The number of hydrogen-bond acceptors (Lipinski definition) is 2. The molecule has 0 rings (SSSR count). The molecule has 0 aliphatic heterocycles. The maximum absolute atomic E-state index is 10.5. The van der Waals surface area contributed by atoms with Gasteiger partial charge in [0.05, 0.1) is 5.92 Å². The fraction of sp³-hybridized carbons (Fsp3) is 0.467. The van der Waals surface area contributed by atoms with Crippen LogP contribution in [0.3, 0.4) is 0 Å². The summed E-state index contributed by atoms with van der Waals surface area (Å²) >= 11 is 0. The van der Waals surface area contributed by atoms with Crippen molar-refractivity contribution in [1.82, 2.24) is 0 Å². The van der Waals surface area contributed by atoms with Crippen LogP contribution < -0.4 is 0 Å². The molecule has 0 bridgehead atoms. The fourth-order valence-corrected chi connectivity index (χ4v) is 0.812. The van der Waals surface area contributed by atoms with E-state index in [4.69, 9.17) is 9.90 Å². The van der Waals surface area contributed by atoms with Crippen molar-refractivity contribution in [3.8, 4) is 0 Å². The number of aldehydes is 1. The van der Waals surface area contributed by atoms with E-state index in [9.17, 15) is 4.79 Å². The Balaban J connectivity index is -0.000000315. The first-order chi connectivity index (χ1) is 8.44. The van der Waals surface area contributed by atoms with Crippen molar-refractivity contribution in [1.29, 1.82) is 0 Å². The van der Waals surface area contributed by atoms with Gasteiger partial charge in [-0.15, -0.1) is 0 Å². The third-order valence-electron chi connectivity index (χ3n) is 1.56. The van der Waals surface area contributed by atoms with Crippen molar-refractivity contribution in [2.24, 2.45) is 5.92 Å². The highest BCUT2D eigenvalue weighted by molar-refractivity contribution is 5.70. The van der Waals surface area contributed by atoms with Gasteiger partial charge in [-0.05, 0) is 18.9 Å². The Kier molecular flexibility index (Phi) is 21.3. The van der Waals surface area contributed by atoms with Crippen LogP contribution in [0.1, 0.15) is 40.5 Å². The van der Waals surface area contributed by atoms with Gasteiger partial charge in [-0.1, -0.05) is 58.6 Å². The predicted molar refractivity (Wildman–Crippen MR) is 77.6 cm³/mol. The Hall–Kier alpha value is -1.64. The lowest BCUT2D eigenvalue weighted by atomic mass is 10.0. The summed E-state index contributed by atoms with van der Waals surface area (Å²) in [5, 5.41) is 8.61. The molecule has 0 aromatic heterocycles. The number of carbonyl (C=O) groups excluding carboxylic acids is 1. The Morgan fingerprint density at radius 1 is 1.33 bits per heavy atom. The molecule has 0 aliphatic rings. The molecule has 0 saturated carbocycles. The van der Waals surface area contributed by atoms with Crippen LogP contribution in [0.5, 0.6) is 0 Å². The Morgan fingerprint density at radius 2 is 1.72 bits per heavy atom. The molecule has 0 radical (unpaired) electrons. The van der Waals surface area contributed by atoms with Gasteiger partial charge in [0, 0.05) is 0 Å². The molecular weight excluding hydrogens is 228 g/mol. The number of rotatable bonds is 5. The van der Waals surface area contributed by atoms with Crippen LogP contribution in [0.4, 0.5) is 0 Å². The van der Waals surface area contributed by atoms with E-state index in [1.54, 1.807) is 25.2 Å². The standard InChI is InChI=1S/C10H14O2.C3H8.C2H4O/c1-4-6-9(5-2)7-8(3)10(11)12;1-3-2;1-2-3/h4-6,8H,1-2,7H2,3H3,(H,11,12);3H2,1-2H3;2H,1H3/b9-6+;;/t8-;;/m0../s1. The van der Waals surface area contributed by atoms with E-state index in [1.165, 1.54) is 13.3 Å². The molecule has 1 atom stereocenters. The first kappa shape index (κ1) is 21.6. The number of hydrogen-bond donors (Lipinski definition) is 1. The molecule has 18 heavy (non-hydrogen) atoms. The lowest BCUT2D eigenvalue weighted by molar-refractivity contribution is -0.141. The summed E-state index contributed by atoms with van der Waals surface area (Å²) in [6.07, 6.45) is 7.56. The molecule has 1 N–H and O–H groups in total.